The first-order chi connectivity index (χ1) is 17.8. The number of aryl methyl sites for hydroxylation is 1. The third-order valence-corrected chi connectivity index (χ3v) is 6.43. The number of carbonyl (C=O) groups excluding carboxylic acids is 3. The van der Waals surface area contributed by atoms with Crippen LogP contribution in [0.3, 0.4) is 0 Å². The minimum atomic E-state index is -1.28. The molecule has 3 aromatic carbocycles. The van der Waals surface area contributed by atoms with Gasteiger partial charge in [0.25, 0.3) is 11.8 Å². The Hall–Kier alpha value is -4.72. The molecule has 0 aliphatic carbocycles. The lowest BCUT2D eigenvalue weighted by Gasteiger charge is -2.21. The number of ether oxygens (including phenoxy) is 2. The molecule has 1 aromatic heterocycles. The van der Waals surface area contributed by atoms with Crippen molar-refractivity contribution in [2.75, 3.05) is 7.11 Å². The summed E-state index contributed by atoms with van der Waals surface area (Å²) in [7, 11) is 1.53. The summed E-state index contributed by atoms with van der Waals surface area (Å²) in [5, 5.41) is 0.257. The summed E-state index contributed by atoms with van der Waals surface area (Å²) in [4.78, 5) is 53.4. The van der Waals surface area contributed by atoms with Gasteiger partial charge in [0.2, 0.25) is 11.2 Å². The maximum absolute atomic E-state index is 13.6. The number of nitrogens with zero attached hydrogens (tertiary/aromatic N) is 1. The van der Waals surface area contributed by atoms with Gasteiger partial charge in [0.05, 0.1) is 23.6 Å². The summed E-state index contributed by atoms with van der Waals surface area (Å²) in [6.45, 7) is 3.34. The van der Waals surface area contributed by atoms with Crippen molar-refractivity contribution in [1.82, 2.24) is 4.90 Å². The lowest BCUT2D eigenvalue weighted by molar-refractivity contribution is -0.138. The van der Waals surface area contributed by atoms with Crippen molar-refractivity contribution < 1.29 is 28.3 Å². The van der Waals surface area contributed by atoms with Gasteiger partial charge >= 0.3 is 5.97 Å². The van der Waals surface area contributed by atoms with Crippen LogP contribution in [0.1, 0.15) is 40.1 Å². The van der Waals surface area contributed by atoms with Crippen LogP contribution in [0, 0.1) is 0 Å². The molecule has 4 aromatic rings. The smallest absolute Gasteiger partial charge is 0.334 e. The second-order valence-corrected chi connectivity index (χ2v) is 8.62. The Kier molecular flexibility index (Phi) is 6.09. The number of imide groups is 1. The zero-order valence-corrected chi connectivity index (χ0v) is 20.4. The molecule has 0 N–H and O–H groups in total. The number of hydrogen-bond acceptors (Lipinski definition) is 7. The molecular weight excluding hydrogens is 474 g/mol. The van der Waals surface area contributed by atoms with Crippen molar-refractivity contribution in [2.45, 2.75) is 26.3 Å². The molecule has 0 saturated carbocycles. The predicted octanol–water partition coefficient (Wildman–Crippen LogP) is 4.62. The molecule has 0 spiro atoms. The quantitative estimate of drug-likeness (QED) is 0.283. The summed E-state index contributed by atoms with van der Waals surface area (Å²) < 4.78 is 16.9. The van der Waals surface area contributed by atoms with Crippen molar-refractivity contribution >= 4 is 28.8 Å². The van der Waals surface area contributed by atoms with E-state index >= 15 is 0 Å². The van der Waals surface area contributed by atoms with Gasteiger partial charge in [0, 0.05) is 5.56 Å². The lowest BCUT2D eigenvalue weighted by atomic mass is 10.1. The third-order valence-electron chi connectivity index (χ3n) is 6.43. The highest BCUT2D eigenvalue weighted by Crippen LogP contribution is 2.33. The minimum Gasteiger partial charge on any atom is -0.497 e. The number of fused-ring (bicyclic) bond motifs is 2. The topological polar surface area (TPSA) is 103 Å². The molecule has 2 heterocycles. The van der Waals surface area contributed by atoms with Crippen LogP contribution in [-0.4, -0.2) is 35.8 Å². The van der Waals surface area contributed by atoms with Crippen LogP contribution in [0.2, 0.25) is 0 Å². The van der Waals surface area contributed by atoms with E-state index in [4.69, 9.17) is 13.9 Å². The van der Waals surface area contributed by atoms with Crippen LogP contribution in [0.15, 0.2) is 75.9 Å². The van der Waals surface area contributed by atoms with Crippen LogP contribution in [0.25, 0.3) is 22.3 Å². The fourth-order valence-corrected chi connectivity index (χ4v) is 4.32. The normalized spacial score (nSPS) is 13.5. The van der Waals surface area contributed by atoms with E-state index in [-0.39, 0.29) is 28.0 Å². The van der Waals surface area contributed by atoms with Crippen LogP contribution in [0.5, 0.6) is 11.5 Å². The van der Waals surface area contributed by atoms with Crippen LogP contribution in [0.4, 0.5) is 0 Å². The molecule has 0 bridgehead atoms. The van der Waals surface area contributed by atoms with Gasteiger partial charge in [-0.3, -0.25) is 19.3 Å². The predicted molar refractivity (Wildman–Crippen MR) is 136 cm³/mol. The SMILES string of the molecule is CCc1ccc2oc(-c3ccc(OC)cc3)c(OC(=O)[C@@H](C)N3C(=O)c4ccccc4C3=O)c(=O)c2c1. The second kappa shape index (κ2) is 9.39. The Morgan fingerprint density at radius 1 is 0.946 bits per heavy atom. The Morgan fingerprint density at radius 2 is 1.59 bits per heavy atom. The van der Waals surface area contributed by atoms with Gasteiger partial charge in [-0.1, -0.05) is 25.1 Å². The Labute approximate surface area is 212 Å². The van der Waals surface area contributed by atoms with E-state index in [0.29, 0.717) is 23.3 Å². The van der Waals surface area contributed by atoms with Gasteiger partial charge < -0.3 is 13.9 Å². The Morgan fingerprint density at radius 3 is 2.19 bits per heavy atom. The highest BCUT2D eigenvalue weighted by atomic mass is 16.5. The standard InChI is InChI=1S/C29H23NO7/c1-4-17-9-14-23-22(15-17)24(31)26(25(36-23)18-10-12-19(35-3)13-11-18)37-29(34)16(2)30-27(32)20-7-5-6-8-21(20)28(30)33/h5-16H,4H2,1-3H3/t16-/m1/s1. The summed E-state index contributed by atoms with van der Waals surface area (Å²) in [6.07, 6.45) is 0.696. The van der Waals surface area contributed by atoms with E-state index in [1.165, 1.54) is 26.2 Å². The van der Waals surface area contributed by atoms with E-state index in [0.717, 1.165) is 10.5 Å². The first-order valence-electron chi connectivity index (χ1n) is 11.8. The first kappa shape index (κ1) is 24.0. The van der Waals surface area contributed by atoms with Crippen LogP contribution < -0.4 is 14.9 Å². The fraction of sp³-hybridized carbons (Fsp3) is 0.172. The van der Waals surface area contributed by atoms with Gasteiger partial charge in [-0.05, 0) is 67.4 Å². The van der Waals surface area contributed by atoms with E-state index in [9.17, 15) is 19.2 Å². The molecule has 0 unspecified atom stereocenters. The third kappa shape index (κ3) is 4.06. The average Bonchev–Trinajstić information content (AvgIpc) is 3.19. The molecule has 5 rings (SSSR count). The molecule has 2 amide bonds. The van der Waals surface area contributed by atoms with Crippen LogP contribution in [-0.2, 0) is 11.2 Å². The van der Waals surface area contributed by atoms with Crippen molar-refractivity contribution in [3.63, 3.8) is 0 Å². The van der Waals surface area contributed by atoms with Crippen molar-refractivity contribution in [3.8, 4) is 22.8 Å². The van der Waals surface area contributed by atoms with Crippen molar-refractivity contribution in [1.29, 1.82) is 0 Å². The van der Waals surface area contributed by atoms with Gasteiger partial charge in [0.1, 0.15) is 17.4 Å². The van der Waals surface area contributed by atoms with E-state index in [2.05, 4.69) is 0 Å². The zero-order chi connectivity index (χ0) is 26.3. The molecular formula is C29H23NO7. The van der Waals surface area contributed by atoms with Gasteiger partial charge in [-0.15, -0.1) is 0 Å². The summed E-state index contributed by atoms with van der Waals surface area (Å²) >= 11 is 0. The fourth-order valence-electron chi connectivity index (χ4n) is 4.32. The average molecular weight is 498 g/mol. The molecule has 186 valence electrons. The molecule has 8 heteroatoms. The molecule has 1 atom stereocenters. The molecule has 0 fully saturated rings. The largest absolute Gasteiger partial charge is 0.497 e. The molecule has 37 heavy (non-hydrogen) atoms. The number of carbonyl (C=O) groups is 3. The van der Waals surface area contributed by atoms with Crippen molar-refractivity contribution in [2.24, 2.45) is 0 Å². The number of rotatable bonds is 6. The number of benzene rings is 3. The molecule has 1 aliphatic heterocycles. The molecule has 8 nitrogen and oxygen atoms in total. The number of amides is 2. The van der Waals surface area contributed by atoms with E-state index < -0.39 is 29.3 Å². The minimum absolute atomic E-state index is 0.0484. The molecule has 0 radical (unpaired) electrons. The summed E-state index contributed by atoms with van der Waals surface area (Å²) in [5.41, 5.74) is 1.61. The van der Waals surface area contributed by atoms with Gasteiger partial charge in [-0.25, -0.2) is 4.79 Å². The number of methoxy groups -OCH3 is 1. The molecule has 1 aliphatic rings. The van der Waals surface area contributed by atoms with E-state index in [1.807, 2.05) is 13.0 Å². The monoisotopic (exact) mass is 497 g/mol. The summed E-state index contributed by atoms with van der Waals surface area (Å²) in [5.74, 6) is -1.82. The van der Waals surface area contributed by atoms with E-state index in [1.54, 1.807) is 48.5 Å². The number of hydrogen-bond donors (Lipinski definition) is 0. The van der Waals surface area contributed by atoms with Crippen molar-refractivity contribution in [3.05, 3.63) is 93.6 Å². The molecule has 0 saturated heterocycles. The highest BCUT2D eigenvalue weighted by molar-refractivity contribution is 6.22. The Balaban J connectivity index is 1.57. The van der Waals surface area contributed by atoms with Gasteiger partial charge in [-0.2, -0.15) is 0 Å². The summed E-state index contributed by atoms with van der Waals surface area (Å²) in [6, 6.07) is 17.0. The maximum atomic E-state index is 13.6. The zero-order valence-electron chi connectivity index (χ0n) is 20.4. The highest BCUT2D eigenvalue weighted by Gasteiger charge is 2.41. The second-order valence-electron chi connectivity index (χ2n) is 8.62. The first-order valence-corrected chi connectivity index (χ1v) is 11.8. The van der Waals surface area contributed by atoms with Crippen LogP contribution >= 0.6 is 0 Å². The Bertz CT molecular complexity index is 1580. The maximum Gasteiger partial charge on any atom is 0.334 e. The lowest BCUT2D eigenvalue weighted by Crippen LogP contribution is -2.45. The van der Waals surface area contributed by atoms with Gasteiger partial charge in [0.15, 0.2) is 5.76 Å². The number of esters is 1.